The second-order valence-electron chi connectivity index (χ2n) is 5.32. The summed E-state index contributed by atoms with van der Waals surface area (Å²) in [5.41, 5.74) is 0. The van der Waals surface area contributed by atoms with Gasteiger partial charge in [0.15, 0.2) is 5.82 Å². The van der Waals surface area contributed by atoms with Crippen molar-refractivity contribution in [2.24, 2.45) is 5.92 Å². The zero-order valence-electron chi connectivity index (χ0n) is 11.5. The highest BCUT2D eigenvalue weighted by Crippen LogP contribution is 2.34. The topological polar surface area (TPSA) is 51.0 Å². The molecule has 1 unspecified atom stereocenters. The van der Waals surface area contributed by atoms with Gasteiger partial charge in [0.2, 0.25) is 5.89 Å². The zero-order chi connectivity index (χ0) is 14.6. The summed E-state index contributed by atoms with van der Waals surface area (Å²) in [7, 11) is 0. The molecule has 1 saturated carbocycles. The quantitative estimate of drug-likeness (QED) is 0.800. The standard InChI is InChI=1S/C13H20F3N3O/c1-2-7-17-10(9-3-4-9)8-12-18-11(19-20-12)5-6-13(14,15)16/h9-10,17H,2-8H2,1H3. The molecule has 2 rings (SSSR count). The molecule has 7 heteroatoms. The van der Waals surface area contributed by atoms with Crippen molar-refractivity contribution in [3.63, 3.8) is 0 Å². The van der Waals surface area contributed by atoms with E-state index in [0.29, 0.717) is 24.3 Å². The molecular formula is C13H20F3N3O. The van der Waals surface area contributed by atoms with Crippen LogP contribution in [-0.4, -0.2) is 28.9 Å². The van der Waals surface area contributed by atoms with Crippen LogP contribution in [0.5, 0.6) is 0 Å². The Morgan fingerprint density at radius 3 is 2.75 bits per heavy atom. The Hall–Kier alpha value is -1.11. The fourth-order valence-electron chi connectivity index (χ4n) is 2.15. The fourth-order valence-corrected chi connectivity index (χ4v) is 2.15. The van der Waals surface area contributed by atoms with Crippen LogP contribution in [0.4, 0.5) is 13.2 Å². The molecule has 0 saturated heterocycles. The molecule has 1 aliphatic carbocycles. The lowest BCUT2D eigenvalue weighted by molar-refractivity contribution is -0.134. The van der Waals surface area contributed by atoms with Crippen molar-refractivity contribution < 1.29 is 17.7 Å². The molecule has 1 N–H and O–H groups in total. The third-order valence-corrected chi connectivity index (χ3v) is 3.38. The monoisotopic (exact) mass is 291 g/mol. The maximum atomic E-state index is 12.1. The highest BCUT2D eigenvalue weighted by molar-refractivity contribution is 4.95. The maximum absolute atomic E-state index is 12.1. The second-order valence-corrected chi connectivity index (χ2v) is 5.32. The third-order valence-electron chi connectivity index (χ3n) is 3.38. The van der Waals surface area contributed by atoms with Crippen molar-refractivity contribution in [1.29, 1.82) is 0 Å². The molecule has 1 fully saturated rings. The minimum Gasteiger partial charge on any atom is -0.339 e. The number of nitrogens with zero attached hydrogens (tertiary/aromatic N) is 2. The van der Waals surface area contributed by atoms with E-state index in [1.54, 1.807) is 0 Å². The molecule has 1 aromatic heterocycles. The fraction of sp³-hybridized carbons (Fsp3) is 0.846. The minimum absolute atomic E-state index is 0.141. The summed E-state index contributed by atoms with van der Waals surface area (Å²) in [6.45, 7) is 3.02. The summed E-state index contributed by atoms with van der Waals surface area (Å²) < 4.78 is 41.4. The lowest BCUT2D eigenvalue weighted by Gasteiger charge is -2.15. The molecular weight excluding hydrogens is 271 g/mol. The summed E-state index contributed by atoms with van der Waals surface area (Å²) in [5, 5.41) is 7.06. The first-order valence-electron chi connectivity index (χ1n) is 7.09. The summed E-state index contributed by atoms with van der Waals surface area (Å²) in [4.78, 5) is 4.05. The molecule has 1 aromatic rings. The van der Waals surface area contributed by atoms with Crippen LogP contribution in [0.2, 0.25) is 0 Å². The van der Waals surface area contributed by atoms with Gasteiger partial charge in [0, 0.05) is 18.9 Å². The molecule has 0 bridgehead atoms. The van der Waals surface area contributed by atoms with Gasteiger partial charge in [-0.1, -0.05) is 12.1 Å². The molecule has 0 radical (unpaired) electrons. The summed E-state index contributed by atoms with van der Waals surface area (Å²) in [5.74, 6) is 1.21. The lowest BCUT2D eigenvalue weighted by atomic mass is 10.1. The van der Waals surface area contributed by atoms with Gasteiger partial charge in [-0.2, -0.15) is 18.2 Å². The number of rotatable bonds is 8. The Kier molecular flexibility index (Phi) is 5.01. The van der Waals surface area contributed by atoms with Crippen LogP contribution in [0.3, 0.4) is 0 Å². The van der Waals surface area contributed by atoms with Crippen LogP contribution in [-0.2, 0) is 12.8 Å². The van der Waals surface area contributed by atoms with Gasteiger partial charge in [-0.25, -0.2) is 0 Å². The average molecular weight is 291 g/mol. The third kappa shape index (κ3) is 5.11. The van der Waals surface area contributed by atoms with E-state index in [9.17, 15) is 13.2 Å². The van der Waals surface area contributed by atoms with E-state index < -0.39 is 12.6 Å². The van der Waals surface area contributed by atoms with E-state index in [2.05, 4.69) is 22.4 Å². The molecule has 114 valence electrons. The van der Waals surface area contributed by atoms with E-state index in [0.717, 1.165) is 13.0 Å². The average Bonchev–Trinajstić information content (AvgIpc) is 3.12. The van der Waals surface area contributed by atoms with Crippen LogP contribution in [0.15, 0.2) is 4.52 Å². The van der Waals surface area contributed by atoms with E-state index in [-0.39, 0.29) is 12.2 Å². The molecule has 0 aliphatic heterocycles. The highest BCUT2D eigenvalue weighted by Gasteiger charge is 2.32. The SMILES string of the molecule is CCCNC(Cc1nc(CCC(F)(F)F)no1)C1CC1. The van der Waals surface area contributed by atoms with Crippen molar-refractivity contribution in [2.45, 2.75) is 57.7 Å². The van der Waals surface area contributed by atoms with Gasteiger partial charge in [0.25, 0.3) is 0 Å². The largest absolute Gasteiger partial charge is 0.389 e. The smallest absolute Gasteiger partial charge is 0.339 e. The Labute approximate surface area is 116 Å². The van der Waals surface area contributed by atoms with E-state index in [4.69, 9.17) is 4.52 Å². The molecule has 1 heterocycles. The Morgan fingerprint density at radius 2 is 2.15 bits per heavy atom. The summed E-state index contributed by atoms with van der Waals surface area (Å²) in [6.07, 6.45) is -1.28. The van der Waals surface area contributed by atoms with Gasteiger partial charge >= 0.3 is 6.18 Å². The van der Waals surface area contributed by atoms with Gasteiger partial charge in [-0.3, -0.25) is 0 Å². The van der Waals surface area contributed by atoms with Gasteiger partial charge in [-0.15, -0.1) is 0 Å². The Morgan fingerprint density at radius 1 is 1.40 bits per heavy atom. The van der Waals surface area contributed by atoms with Gasteiger partial charge in [0.1, 0.15) is 0 Å². The van der Waals surface area contributed by atoms with Gasteiger partial charge in [-0.05, 0) is 31.7 Å². The number of alkyl halides is 3. The first-order chi connectivity index (χ1) is 9.48. The van der Waals surface area contributed by atoms with Crippen molar-refractivity contribution >= 4 is 0 Å². The lowest BCUT2D eigenvalue weighted by Crippen LogP contribution is -2.33. The number of hydrogen-bond donors (Lipinski definition) is 1. The number of nitrogens with one attached hydrogen (secondary N) is 1. The number of aromatic nitrogens is 2. The summed E-state index contributed by atoms with van der Waals surface area (Å²) >= 11 is 0. The molecule has 0 aromatic carbocycles. The molecule has 1 aliphatic rings. The molecule has 0 amide bonds. The number of halogens is 3. The van der Waals surface area contributed by atoms with E-state index in [1.807, 2.05) is 0 Å². The van der Waals surface area contributed by atoms with Crippen molar-refractivity contribution in [2.75, 3.05) is 6.54 Å². The normalized spacial score (nSPS) is 17.4. The van der Waals surface area contributed by atoms with Crippen LogP contribution in [0.25, 0.3) is 0 Å². The maximum Gasteiger partial charge on any atom is 0.389 e. The minimum atomic E-state index is -4.18. The van der Waals surface area contributed by atoms with Crippen molar-refractivity contribution in [3.8, 4) is 0 Å². The predicted molar refractivity (Wildman–Crippen MR) is 67.2 cm³/mol. The van der Waals surface area contributed by atoms with Crippen molar-refractivity contribution in [3.05, 3.63) is 11.7 Å². The Balaban J connectivity index is 1.84. The number of hydrogen-bond acceptors (Lipinski definition) is 4. The van der Waals surface area contributed by atoms with Crippen LogP contribution < -0.4 is 5.32 Å². The van der Waals surface area contributed by atoms with E-state index >= 15 is 0 Å². The van der Waals surface area contributed by atoms with E-state index in [1.165, 1.54) is 12.8 Å². The predicted octanol–water partition coefficient (Wildman–Crippen LogP) is 2.89. The zero-order valence-corrected chi connectivity index (χ0v) is 11.5. The van der Waals surface area contributed by atoms with Crippen LogP contribution in [0.1, 0.15) is 44.3 Å². The second kappa shape index (κ2) is 6.56. The molecule has 0 spiro atoms. The van der Waals surface area contributed by atoms with Crippen LogP contribution >= 0.6 is 0 Å². The molecule has 4 nitrogen and oxygen atoms in total. The van der Waals surface area contributed by atoms with Gasteiger partial charge < -0.3 is 9.84 Å². The van der Waals surface area contributed by atoms with Crippen molar-refractivity contribution in [1.82, 2.24) is 15.5 Å². The highest BCUT2D eigenvalue weighted by atomic mass is 19.4. The first-order valence-corrected chi connectivity index (χ1v) is 7.09. The molecule has 20 heavy (non-hydrogen) atoms. The molecule has 1 atom stereocenters. The van der Waals surface area contributed by atoms with Crippen LogP contribution in [0, 0.1) is 5.92 Å². The van der Waals surface area contributed by atoms with Gasteiger partial charge in [0.05, 0.1) is 6.42 Å². The number of aryl methyl sites for hydroxylation is 1. The Bertz CT molecular complexity index is 415. The first kappa shape index (κ1) is 15.3. The summed E-state index contributed by atoms with van der Waals surface area (Å²) in [6, 6.07) is 0.297.